The lowest BCUT2D eigenvalue weighted by Crippen LogP contribution is -2.28. The Balaban J connectivity index is 2.57. The highest BCUT2D eigenvalue weighted by molar-refractivity contribution is 5.92. The summed E-state index contributed by atoms with van der Waals surface area (Å²) in [5, 5.41) is 11.4. The first kappa shape index (κ1) is 12.2. The van der Waals surface area contributed by atoms with Gasteiger partial charge in [-0.25, -0.2) is 4.98 Å². The Morgan fingerprint density at radius 3 is 2.88 bits per heavy atom. The van der Waals surface area contributed by atoms with Crippen LogP contribution in [0.5, 0.6) is 0 Å². The maximum atomic E-state index is 11.6. The average molecular weight is 217 g/mol. The molecule has 1 rings (SSSR count). The molecule has 0 aliphatic rings. The summed E-state index contributed by atoms with van der Waals surface area (Å²) in [7, 11) is 0. The lowest BCUT2D eigenvalue weighted by atomic mass is 10.1. The van der Waals surface area contributed by atoms with Crippen molar-refractivity contribution >= 4 is 5.91 Å². The van der Waals surface area contributed by atoms with E-state index in [-0.39, 0.29) is 5.91 Å². The van der Waals surface area contributed by atoms with Gasteiger partial charge in [0.25, 0.3) is 5.91 Å². The van der Waals surface area contributed by atoms with E-state index in [1.54, 1.807) is 12.1 Å². The van der Waals surface area contributed by atoms with Crippen molar-refractivity contribution in [1.82, 2.24) is 10.3 Å². The van der Waals surface area contributed by atoms with Gasteiger partial charge in [0.1, 0.15) is 11.8 Å². The molecule has 4 heteroatoms. The fourth-order valence-electron chi connectivity index (χ4n) is 1.10. The molecule has 0 saturated carbocycles. The van der Waals surface area contributed by atoms with Gasteiger partial charge in [0.05, 0.1) is 5.56 Å². The normalized spacial score (nSPS) is 11.6. The third-order valence-electron chi connectivity index (χ3n) is 2.43. The number of carbonyl (C=O) groups excluding carboxylic acids is 1. The van der Waals surface area contributed by atoms with Crippen molar-refractivity contribution in [2.75, 3.05) is 6.54 Å². The van der Waals surface area contributed by atoms with Gasteiger partial charge in [-0.3, -0.25) is 4.79 Å². The van der Waals surface area contributed by atoms with Gasteiger partial charge in [-0.1, -0.05) is 20.3 Å². The van der Waals surface area contributed by atoms with E-state index < -0.39 is 0 Å². The van der Waals surface area contributed by atoms with Crippen LogP contribution in [0.3, 0.4) is 0 Å². The third kappa shape index (κ3) is 3.35. The lowest BCUT2D eigenvalue weighted by Gasteiger charge is -2.09. The first-order valence-electron chi connectivity index (χ1n) is 5.31. The van der Waals surface area contributed by atoms with Crippen LogP contribution >= 0.6 is 0 Å². The number of rotatable bonds is 4. The van der Waals surface area contributed by atoms with Crippen LogP contribution in [0.15, 0.2) is 18.3 Å². The van der Waals surface area contributed by atoms with Crippen molar-refractivity contribution < 1.29 is 4.79 Å². The van der Waals surface area contributed by atoms with Crippen molar-refractivity contribution in [3.8, 4) is 6.07 Å². The topological polar surface area (TPSA) is 65.8 Å². The number of aromatic nitrogens is 1. The second kappa shape index (κ2) is 5.86. The molecule has 1 amide bonds. The Bertz CT molecular complexity index is 392. The van der Waals surface area contributed by atoms with Crippen molar-refractivity contribution in [3.63, 3.8) is 0 Å². The van der Waals surface area contributed by atoms with Crippen LogP contribution in [-0.4, -0.2) is 17.4 Å². The van der Waals surface area contributed by atoms with Crippen LogP contribution in [0.25, 0.3) is 0 Å². The van der Waals surface area contributed by atoms with Crippen LogP contribution in [0.1, 0.15) is 36.3 Å². The number of pyridine rings is 1. The maximum absolute atomic E-state index is 11.6. The Hall–Kier alpha value is -1.89. The van der Waals surface area contributed by atoms with Gasteiger partial charge in [-0.05, 0) is 18.1 Å². The van der Waals surface area contributed by atoms with Crippen molar-refractivity contribution in [3.05, 3.63) is 29.6 Å². The molecular weight excluding hydrogens is 202 g/mol. The highest BCUT2D eigenvalue weighted by atomic mass is 16.1. The molecule has 1 N–H and O–H groups in total. The van der Waals surface area contributed by atoms with E-state index in [0.717, 1.165) is 6.42 Å². The first-order chi connectivity index (χ1) is 7.67. The Morgan fingerprint density at radius 1 is 1.62 bits per heavy atom. The summed E-state index contributed by atoms with van der Waals surface area (Å²) in [5.41, 5.74) is 0.806. The minimum atomic E-state index is -0.190. The van der Waals surface area contributed by atoms with Gasteiger partial charge in [0.15, 0.2) is 0 Å². The molecule has 0 radical (unpaired) electrons. The zero-order valence-corrected chi connectivity index (χ0v) is 9.53. The van der Waals surface area contributed by atoms with Crippen LogP contribution in [-0.2, 0) is 0 Å². The zero-order valence-electron chi connectivity index (χ0n) is 9.53. The summed E-state index contributed by atoms with van der Waals surface area (Å²) in [6.07, 6.45) is 2.43. The predicted molar refractivity (Wildman–Crippen MR) is 60.7 cm³/mol. The number of hydrogen-bond acceptors (Lipinski definition) is 3. The summed E-state index contributed by atoms with van der Waals surface area (Å²) in [6.45, 7) is 4.81. The van der Waals surface area contributed by atoms with Gasteiger partial charge in [-0.2, -0.15) is 5.26 Å². The highest BCUT2D eigenvalue weighted by Gasteiger charge is 2.07. The molecule has 0 aromatic carbocycles. The molecule has 4 nitrogen and oxygen atoms in total. The number of nitriles is 1. The average Bonchev–Trinajstić information content (AvgIpc) is 2.35. The quantitative estimate of drug-likeness (QED) is 0.835. The Kier molecular flexibility index (Phi) is 4.46. The largest absolute Gasteiger partial charge is 0.350 e. The van der Waals surface area contributed by atoms with E-state index >= 15 is 0 Å². The number of hydrogen-bond donors (Lipinski definition) is 1. The predicted octanol–water partition coefficient (Wildman–Crippen LogP) is 1.73. The molecule has 1 unspecified atom stereocenters. The summed E-state index contributed by atoms with van der Waals surface area (Å²) in [5.74, 6) is 0.270. The number of amides is 1. The SMILES string of the molecule is CCC(C)CNC(=O)c1ccc(C#N)cn1. The molecule has 0 fully saturated rings. The summed E-state index contributed by atoms with van der Waals surface area (Å²) >= 11 is 0. The van der Waals surface area contributed by atoms with Gasteiger partial charge in [-0.15, -0.1) is 0 Å². The molecule has 1 heterocycles. The number of nitrogens with one attached hydrogen (secondary N) is 1. The monoisotopic (exact) mass is 217 g/mol. The van der Waals surface area contributed by atoms with Crippen LogP contribution < -0.4 is 5.32 Å². The van der Waals surface area contributed by atoms with Crippen LogP contribution in [0, 0.1) is 17.2 Å². The molecule has 0 saturated heterocycles. The molecular formula is C12H15N3O. The van der Waals surface area contributed by atoms with Gasteiger partial charge in [0, 0.05) is 12.7 Å². The zero-order chi connectivity index (χ0) is 12.0. The molecule has 1 aromatic heterocycles. The molecule has 0 aliphatic heterocycles. The summed E-state index contributed by atoms with van der Waals surface area (Å²) < 4.78 is 0. The van der Waals surface area contributed by atoms with E-state index in [1.165, 1.54) is 6.20 Å². The van der Waals surface area contributed by atoms with E-state index in [4.69, 9.17) is 5.26 Å². The van der Waals surface area contributed by atoms with E-state index in [0.29, 0.717) is 23.7 Å². The van der Waals surface area contributed by atoms with Crippen LogP contribution in [0.4, 0.5) is 0 Å². The number of nitrogens with zero attached hydrogens (tertiary/aromatic N) is 2. The molecule has 0 aliphatic carbocycles. The molecule has 84 valence electrons. The fraction of sp³-hybridized carbons (Fsp3) is 0.417. The van der Waals surface area contributed by atoms with E-state index in [1.807, 2.05) is 6.07 Å². The van der Waals surface area contributed by atoms with Crippen molar-refractivity contribution in [1.29, 1.82) is 5.26 Å². The molecule has 1 aromatic rings. The van der Waals surface area contributed by atoms with Crippen molar-refractivity contribution in [2.24, 2.45) is 5.92 Å². The van der Waals surface area contributed by atoms with Gasteiger partial charge in [0.2, 0.25) is 0 Å². The fourth-order valence-corrected chi connectivity index (χ4v) is 1.10. The minimum absolute atomic E-state index is 0.190. The standard InChI is InChI=1S/C12H15N3O/c1-3-9(2)7-15-12(16)11-5-4-10(6-13)8-14-11/h4-5,8-9H,3,7H2,1-2H3,(H,15,16). The minimum Gasteiger partial charge on any atom is -0.350 e. The third-order valence-corrected chi connectivity index (χ3v) is 2.43. The van der Waals surface area contributed by atoms with Crippen molar-refractivity contribution in [2.45, 2.75) is 20.3 Å². The van der Waals surface area contributed by atoms with Gasteiger partial charge >= 0.3 is 0 Å². The van der Waals surface area contributed by atoms with Crippen LogP contribution in [0.2, 0.25) is 0 Å². The summed E-state index contributed by atoms with van der Waals surface area (Å²) in [4.78, 5) is 15.5. The first-order valence-corrected chi connectivity index (χ1v) is 5.31. The lowest BCUT2D eigenvalue weighted by molar-refractivity contribution is 0.0943. The smallest absolute Gasteiger partial charge is 0.269 e. The maximum Gasteiger partial charge on any atom is 0.269 e. The molecule has 16 heavy (non-hydrogen) atoms. The van der Waals surface area contributed by atoms with E-state index in [9.17, 15) is 4.79 Å². The second-order valence-electron chi connectivity index (χ2n) is 3.77. The molecule has 0 spiro atoms. The highest BCUT2D eigenvalue weighted by Crippen LogP contribution is 2.01. The molecule has 1 atom stereocenters. The second-order valence-corrected chi connectivity index (χ2v) is 3.77. The Labute approximate surface area is 95.3 Å². The van der Waals surface area contributed by atoms with E-state index in [2.05, 4.69) is 24.1 Å². The Morgan fingerprint density at radius 2 is 2.38 bits per heavy atom. The summed E-state index contributed by atoms with van der Waals surface area (Å²) in [6, 6.07) is 5.11. The van der Waals surface area contributed by atoms with Gasteiger partial charge < -0.3 is 5.32 Å². The number of carbonyl (C=O) groups is 1. The molecule has 0 bridgehead atoms.